The second-order valence-corrected chi connectivity index (χ2v) is 6.25. The fourth-order valence-corrected chi connectivity index (χ4v) is 3.11. The van der Waals surface area contributed by atoms with E-state index in [2.05, 4.69) is 39.3 Å². The molecule has 5 heteroatoms. The van der Waals surface area contributed by atoms with Crippen LogP contribution >= 0.6 is 27.3 Å². The van der Waals surface area contributed by atoms with Gasteiger partial charge in [0.1, 0.15) is 0 Å². The van der Waals surface area contributed by atoms with Gasteiger partial charge in [0.15, 0.2) is 0 Å². The Morgan fingerprint density at radius 2 is 2.16 bits per heavy atom. The molecule has 3 nitrogen and oxygen atoms in total. The molecule has 1 N–H and O–H groups in total. The van der Waals surface area contributed by atoms with E-state index in [9.17, 15) is 4.79 Å². The third-order valence-corrected chi connectivity index (χ3v) is 4.35. The minimum Gasteiger partial charge on any atom is -0.478 e. The van der Waals surface area contributed by atoms with Crippen molar-refractivity contribution in [3.8, 4) is 0 Å². The van der Waals surface area contributed by atoms with E-state index in [1.54, 1.807) is 23.5 Å². The molecule has 1 aromatic carbocycles. The average Bonchev–Trinajstić information content (AvgIpc) is 2.84. The number of benzene rings is 1. The van der Waals surface area contributed by atoms with Crippen LogP contribution in [0.5, 0.6) is 0 Å². The first-order chi connectivity index (χ1) is 9.06. The van der Waals surface area contributed by atoms with Crippen molar-refractivity contribution in [2.75, 3.05) is 7.05 Å². The molecule has 0 unspecified atom stereocenters. The quantitative estimate of drug-likeness (QED) is 0.899. The van der Waals surface area contributed by atoms with E-state index < -0.39 is 5.97 Å². The minimum absolute atomic E-state index is 0.302. The lowest BCUT2D eigenvalue weighted by Gasteiger charge is -2.17. The highest BCUT2D eigenvalue weighted by Crippen LogP contribution is 2.21. The van der Waals surface area contributed by atoms with Gasteiger partial charge in [-0.1, -0.05) is 28.1 Å². The summed E-state index contributed by atoms with van der Waals surface area (Å²) in [7, 11) is 2.05. The molecule has 0 spiro atoms. The zero-order chi connectivity index (χ0) is 13.8. The Hall–Kier alpha value is -1.17. The van der Waals surface area contributed by atoms with Gasteiger partial charge in [0, 0.05) is 22.4 Å². The van der Waals surface area contributed by atoms with Crippen LogP contribution < -0.4 is 0 Å². The van der Waals surface area contributed by atoms with Crippen LogP contribution in [0.1, 0.15) is 20.8 Å². The number of hydrogen-bond acceptors (Lipinski definition) is 3. The highest BCUT2D eigenvalue weighted by molar-refractivity contribution is 9.10. The predicted molar refractivity (Wildman–Crippen MR) is 80.6 cm³/mol. The molecule has 2 rings (SSSR count). The van der Waals surface area contributed by atoms with Gasteiger partial charge < -0.3 is 5.11 Å². The summed E-state index contributed by atoms with van der Waals surface area (Å²) < 4.78 is 0.838. The maximum Gasteiger partial charge on any atom is 0.335 e. The van der Waals surface area contributed by atoms with E-state index in [1.807, 2.05) is 12.1 Å². The van der Waals surface area contributed by atoms with Gasteiger partial charge in [-0.15, -0.1) is 11.3 Å². The molecule has 100 valence electrons. The van der Waals surface area contributed by atoms with Crippen LogP contribution in [0, 0.1) is 0 Å². The molecule has 0 saturated carbocycles. The maximum atomic E-state index is 10.9. The van der Waals surface area contributed by atoms with E-state index >= 15 is 0 Å². The first-order valence-electron chi connectivity index (χ1n) is 5.79. The fourth-order valence-electron chi connectivity index (χ4n) is 1.82. The van der Waals surface area contributed by atoms with E-state index in [4.69, 9.17) is 5.11 Å². The molecule has 0 fully saturated rings. The van der Waals surface area contributed by atoms with Gasteiger partial charge in [-0.05, 0) is 36.2 Å². The molecule has 19 heavy (non-hydrogen) atoms. The number of carboxylic acids is 1. The van der Waals surface area contributed by atoms with Gasteiger partial charge in [-0.2, -0.15) is 0 Å². The SMILES string of the molecule is CN(Cc1cccs1)Cc1ccc(C(=O)O)cc1Br. The number of aromatic carboxylic acids is 1. The summed E-state index contributed by atoms with van der Waals surface area (Å²) in [5.41, 5.74) is 1.39. The molecular formula is C14H14BrNO2S. The molecule has 0 amide bonds. The Bertz CT molecular complexity index is 569. The van der Waals surface area contributed by atoms with Crippen molar-refractivity contribution in [3.05, 3.63) is 56.2 Å². The van der Waals surface area contributed by atoms with Crippen LogP contribution in [0.4, 0.5) is 0 Å². The van der Waals surface area contributed by atoms with E-state index in [1.165, 1.54) is 4.88 Å². The summed E-state index contributed by atoms with van der Waals surface area (Å²) in [5.74, 6) is -0.904. The van der Waals surface area contributed by atoms with Gasteiger partial charge in [0.05, 0.1) is 5.56 Å². The van der Waals surface area contributed by atoms with Gasteiger partial charge in [0.2, 0.25) is 0 Å². The average molecular weight is 340 g/mol. The lowest BCUT2D eigenvalue weighted by molar-refractivity contribution is 0.0697. The minimum atomic E-state index is -0.904. The summed E-state index contributed by atoms with van der Waals surface area (Å²) in [4.78, 5) is 14.4. The zero-order valence-corrected chi connectivity index (χ0v) is 12.9. The van der Waals surface area contributed by atoms with Crippen LogP contribution in [0.2, 0.25) is 0 Å². The van der Waals surface area contributed by atoms with Crippen molar-refractivity contribution in [2.24, 2.45) is 0 Å². The first-order valence-corrected chi connectivity index (χ1v) is 7.46. The molecule has 0 radical (unpaired) electrons. The Balaban J connectivity index is 2.04. The van der Waals surface area contributed by atoms with Crippen molar-refractivity contribution in [1.82, 2.24) is 4.90 Å². The van der Waals surface area contributed by atoms with Crippen molar-refractivity contribution >= 4 is 33.2 Å². The van der Waals surface area contributed by atoms with Gasteiger partial charge in [-0.3, -0.25) is 4.90 Å². The van der Waals surface area contributed by atoms with Crippen LogP contribution in [-0.4, -0.2) is 23.0 Å². The summed E-state index contributed by atoms with van der Waals surface area (Å²) in [6, 6.07) is 9.31. The number of halogens is 1. The lowest BCUT2D eigenvalue weighted by Crippen LogP contribution is -2.17. The van der Waals surface area contributed by atoms with Gasteiger partial charge in [0.25, 0.3) is 0 Å². The molecular weight excluding hydrogens is 326 g/mol. The summed E-state index contributed by atoms with van der Waals surface area (Å²) in [6.07, 6.45) is 0. The van der Waals surface area contributed by atoms with Crippen molar-refractivity contribution < 1.29 is 9.90 Å². The largest absolute Gasteiger partial charge is 0.478 e. The molecule has 0 saturated heterocycles. The molecule has 0 bridgehead atoms. The third-order valence-electron chi connectivity index (χ3n) is 2.75. The van der Waals surface area contributed by atoms with Crippen LogP contribution in [0.25, 0.3) is 0 Å². The number of carboxylic acid groups (broad SMARTS) is 1. The van der Waals surface area contributed by atoms with Crippen LogP contribution in [-0.2, 0) is 13.1 Å². The first kappa shape index (κ1) is 14.2. The molecule has 2 aromatic rings. The Morgan fingerprint density at radius 3 is 2.74 bits per heavy atom. The molecule has 0 atom stereocenters. The molecule has 1 heterocycles. The van der Waals surface area contributed by atoms with E-state index in [0.717, 1.165) is 23.1 Å². The predicted octanol–water partition coefficient (Wildman–Crippen LogP) is 3.84. The summed E-state index contributed by atoms with van der Waals surface area (Å²) >= 11 is 5.18. The third kappa shape index (κ3) is 3.89. The number of rotatable bonds is 5. The Kier molecular flexibility index (Phi) is 4.74. The second kappa shape index (κ2) is 6.32. The molecule has 0 aliphatic carbocycles. The molecule has 0 aliphatic heterocycles. The van der Waals surface area contributed by atoms with Crippen molar-refractivity contribution in [1.29, 1.82) is 0 Å². The topological polar surface area (TPSA) is 40.5 Å². The number of thiophene rings is 1. The highest BCUT2D eigenvalue weighted by Gasteiger charge is 2.09. The normalized spacial score (nSPS) is 10.9. The van der Waals surface area contributed by atoms with Gasteiger partial charge >= 0.3 is 5.97 Å². The fraction of sp³-hybridized carbons (Fsp3) is 0.214. The van der Waals surface area contributed by atoms with Gasteiger partial charge in [-0.25, -0.2) is 4.79 Å². The molecule has 1 aromatic heterocycles. The van der Waals surface area contributed by atoms with Crippen LogP contribution in [0.15, 0.2) is 40.2 Å². The number of nitrogens with zero attached hydrogens (tertiary/aromatic N) is 1. The summed E-state index contributed by atoms with van der Waals surface area (Å²) in [6.45, 7) is 1.67. The monoisotopic (exact) mass is 339 g/mol. The second-order valence-electron chi connectivity index (χ2n) is 4.36. The standard InChI is InChI=1S/C14H14BrNO2S/c1-16(9-12-3-2-6-19-12)8-11-5-4-10(14(17)18)7-13(11)15/h2-7H,8-9H2,1H3,(H,17,18). The van der Waals surface area contributed by atoms with Crippen LogP contribution in [0.3, 0.4) is 0 Å². The smallest absolute Gasteiger partial charge is 0.335 e. The highest BCUT2D eigenvalue weighted by atomic mass is 79.9. The Morgan fingerprint density at radius 1 is 1.37 bits per heavy atom. The maximum absolute atomic E-state index is 10.9. The Labute approximate surface area is 124 Å². The number of carbonyl (C=O) groups is 1. The van der Waals surface area contributed by atoms with Crippen molar-refractivity contribution in [3.63, 3.8) is 0 Å². The van der Waals surface area contributed by atoms with E-state index in [-0.39, 0.29) is 0 Å². The summed E-state index contributed by atoms with van der Waals surface area (Å²) in [5, 5.41) is 11.0. The lowest BCUT2D eigenvalue weighted by atomic mass is 10.1. The number of hydrogen-bond donors (Lipinski definition) is 1. The zero-order valence-electron chi connectivity index (χ0n) is 10.5. The molecule has 0 aliphatic rings. The van der Waals surface area contributed by atoms with E-state index in [0.29, 0.717) is 5.56 Å². The van der Waals surface area contributed by atoms with Crippen molar-refractivity contribution in [2.45, 2.75) is 13.1 Å².